The summed E-state index contributed by atoms with van der Waals surface area (Å²) < 4.78 is 7.22. The summed E-state index contributed by atoms with van der Waals surface area (Å²) in [7, 11) is 0. The Morgan fingerprint density at radius 3 is 2.33 bits per heavy atom. The van der Waals surface area contributed by atoms with Gasteiger partial charge < -0.3 is 9.84 Å². The zero-order valence-corrected chi connectivity index (χ0v) is 13.9. The van der Waals surface area contributed by atoms with Crippen LogP contribution in [0.25, 0.3) is 0 Å². The Balaban J connectivity index is 1.98. The van der Waals surface area contributed by atoms with E-state index < -0.39 is 6.10 Å². The van der Waals surface area contributed by atoms with Crippen molar-refractivity contribution in [1.29, 1.82) is 0 Å². The van der Waals surface area contributed by atoms with Crippen LogP contribution in [0.3, 0.4) is 0 Å². The van der Waals surface area contributed by atoms with E-state index in [9.17, 15) is 5.11 Å². The minimum atomic E-state index is -0.731. The number of benzene rings is 1. The van der Waals surface area contributed by atoms with Gasteiger partial charge in [-0.2, -0.15) is 5.10 Å². The highest BCUT2D eigenvalue weighted by Gasteiger charge is 2.13. The first-order valence-corrected chi connectivity index (χ1v) is 7.46. The van der Waals surface area contributed by atoms with Gasteiger partial charge in [0.1, 0.15) is 12.7 Å². The molecule has 0 aliphatic heterocycles. The van der Waals surface area contributed by atoms with Gasteiger partial charge in [-0.05, 0) is 32.0 Å². The summed E-state index contributed by atoms with van der Waals surface area (Å²) in [6.45, 7) is 4.22. The third-order valence-corrected chi connectivity index (χ3v) is 3.65. The van der Waals surface area contributed by atoms with Crippen LogP contribution in [-0.2, 0) is 6.54 Å². The topological polar surface area (TPSA) is 47.3 Å². The van der Waals surface area contributed by atoms with E-state index in [2.05, 4.69) is 5.10 Å². The Hall–Kier alpha value is -0.940. The highest BCUT2D eigenvalue weighted by molar-refractivity contribution is 6.40. The van der Waals surface area contributed by atoms with E-state index in [1.807, 2.05) is 19.9 Å². The lowest BCUT2D eigenvalue weighted by Crippen LogP contribution is -2.25. The molecule has 0 aliphatic rings. The zero-order chi connectivity index (χ0) is 15.6. The zero-order valence-electron chi connectivity index (χ0n) is 11.6. The van der Waals surface area contributed by atoms with Crippen molar-refractivity contribution < 1.29 is 9.84 Å². The largest absolute Gasteiger partial charge is 0.488 e. The molecular formula is C14H15Cl3N2O2. The fraction of sp³-hybridized carbons (Fsp3) is 0.357. The number of hydrogen-bond acceptors (Lipinski definition) is 3. The Morgan fingerprint density at radius 1 is 1.19 bits per heavy atom. The molecular weight excluding hydrogens is 335 g/mol. The fourth-order valence-electron chi connectivity index (χ4n) is 1.96. The van der Waals surface area contributed by atoms with Gasteiger partial charge in [0.2, 0.25) is 0 Å². The molecule has 1 heterocycles. The van der Waals surface area contributed by atoms with E-state index in [1.165, 1.54) is 12.1 Å². The van der Waals surface area contributed by atoms with Crippen LogP contribution in [0.5, 0.6) is 5.75 Å². The standard InChI is InChI=1S/C14H15Cl3N2O2/c1-8-3-9(2)19(18-8)6-11(20)7-21-14-12(16)4-10(15)5-13(14)17/h3-5,11,20H,6-7H2,1-2H3/t11-/m1/s1. The Labute approximate surface area is 138 Å². The van der Waals surface area contributed by atoms with Crippen molar-refractivity contribution in [2.45, 2.75) is 26.5 Å². The van der Waals surface area contributed by atoms with E-state index >= 15 is 0 Å². The lowest BCUT2D eigenvalue weighted by molar-refractivity contribution is 0.0888. The van der Waals surface area contributed by atoms with Crippen LogP contribution in [0.15, 0.2) is 18.2 Å². The highest BCUT2D eigenvalue weighted by atomic mass is 35.5. The monoisotopic (exact) mass is 348 g/mol. The number of aryl methyl sites for hydroxylation is 2. The first-order valence-electron chi connectivity index (χ1n) is 6.33. The van der Waals surface area contributed by atoms with Crippen molar-refractivity contribution in [3.63, 3.8) is 0 Å². The fourth-order valence-corrected chi connectivity index (χ4v) is 2.88. The van der Waals surface area contributed by atoms with Gasteiger partial charge in [0, 0.05) is 10.7 Å². The molecule has 2 aromatic rings. The molecule has 4 nitrogen and oxygen atoms in total. The molecule has 0 unspecified atom stereocenters. The second kappa shape index (κ2) is 6.88. The first-order chi connectivity index (χ1) is 9.86. The van der Waals surface area contributed by atoms with E-state index in [-0.39, 0.29) is 6.61 Å². The van der Waals surface area contributed by atoms with E-state index in [4.69, 9.17) is 39.5 Å². The Kier molecular flexibility index (Phi) is 5.38. The molecule has 1 aromatic heterocycles. The van der Waals surface area contributed by atoms with Gasteiger partial charge in [-0.15, -0.1) is 0 Å². The third-order valence-electron chi connectivity index (χ3n) is 2.87. The molecule has 0 bridgehead atoms. The summed E-state index contributed by atoms with van der Waals surface area (Å²) in [5.74, 6) is 0.315. The molecule has 114 valence electrons. The summed E-state index contributed by atoms with van der Waals surface area (Å²) in [6, 6.07) is 5.02. The van der Waals surface area contributed by atoms with Crippen molar-refractivity contribution in [3.05, 3.63) is 44.7 Å². The maximum Gasteiger partial charge on any atom is 0.156 e. The van der Waals surface area contributed by atoms with Crippen LogP contribution < -0.4 is 4.74 Å². The number of nitrogens with zero attached hydrogens (tertiary/aromatic N) is 2. The Morgan fingerprint density at radius 2 is 1.81 bits per heavy atom. The quantitative estimate of drug-likeness (QED) is 0.890. The van der Waals surface area contributed by atoms with Gasteiger partial charge in [-0.1, -0.05) is 34.8 Å². The molecule has 0 saturated heterocycles. The lowest BCUT2D eigenvalue weighted by atomic mass is 10.3. The number of ether oxygens (including phenoxy) is 1. The molecule has 0 spiro atoms. The third kappa shape index (κ3) is 4.27. The predicted molar refractivity (Wildman–Crippen MR) is 84.7 cm³/mol. The maximum atomic E-state index is 10.0. The van der Waals surface area contributed by atoms with Crippen molar-refractivity contribution >= 4 is 34.8 Å². The number of aliphatic hydroxyl groups excluding tert-OH is 1. The minimum absolute atomic E-state index is 0.0550. The molecule has 0 aliphatic carbocycles. The van der Waals surface area contributed by atoms with Crippen molar-refractivity contribution in [2.24, 2.45) is 0 Å². The van der Waals surface area contributed by atoms with Gasteiger partial charge in [-0.25, -0.2) is 0 Å². The van der Waals surface area contributed by atoms with Crippen LogP contribution in [0.2, 0.25) is 15.1 Å². The molecule has 0 saturated carbocycles. The molecule has 21 heavy (non-hydrogen) atoms. The van der Waals surface area contributed by atoms with Crippen molar-refractivity contribution in [1.82, 2.24) is 9.78 Å². The first kappa shape index (κ1) is 16.4. The summed E-state index contributed by atoms with van der Waals surface area (Å²) in [6.07, 6.45) is -0.731. The highest BCUT2D eigenvalue weighted by Crippen LogP contribution is 2.35. The molecule has 1 atom stereocenters. The van der Waals surface area contributed by atoms with Gasteiger partial charge in [0.05, 0.1) is 22.3 Å². The average Bonchev–Trinajstić information content (AvgIpc) is 2.66. The molecule has 2 rings (SSSR count). The maximum absolute atomic E-state index is 10.0. The van der Waals surface area contributed by atoms with Crippen LogP contribution in [0, 0.1) is 13.8 Å². The second-order valence-corrected chi connectivity index (χ2v) is 6.02. The number of rotatable bonds is 5. The number of hydrogen-bond donors (Lipinski definition) is 1. The smallest absolute Gasteiger partial charge is 0.156 e. The minimum Gasteiger partial charge on any atom is -0.488 e. The van der Waals surface area contributed by atoms with Gasteiger partial charge in [0.25, 0.3) is 0 Å². The summed E-state index contributed by atoms with van der Waals surface area (Å²) in [4.78, 5) is 0. The molecule has 1 aromatic carbocycles. The lowest BCUT2D eigenvalue weighted by Gasteiger charge is -2.15. The van der Waals surface area contributed by atoms with Crippen molar-refractivity contribution in [2.75, 3.05) is 6.61 Å². The molecule has 0 radical (unpaired) electrons. The van der Waals surface area contributed by atoms with E-state index in [0.29, 0.717) is 27.4 Å². The van der Waals surface area contributed by atoms with Gasteiger partial charge in [-0.3, -0.25) is 4.68 Å². The van der Waals surface area contributed by atoms with Crippen LogP contribution >= 0.6 is 34.8 Å². The predicted octanol–water partition coefficient (Wildman–Crippen LogP) is 3.90. The molecule has 0 amide bonds. The number of aliphatic hydroxyl groups is 1. The molecule has 7 heteroatoms. The van der Waals surface area contributed by atoms with Gasteiger partial charge in [0.15, 0.2) is 5.75 Å². The average molecular weight is 350 g/mol. The van der Waals surface area contributed by atoms with Crippen LogP contribution in [0.4, 0.5) is 0 Å². The molecule has 0 fully saturated rings. The second-order valence-electron chi connectivity index (χ2n) is 4.77. The van der Waals surface area contributed by atoms with Crippen molar-refractivity contribution in [3.8, 4) is 5.75 Å². The number of halogens is 3. The SMILES string of the molecule is Cc1cc(C)n(C[C@@H](O)COc2c(Cl)cc(Cl)cc2Cl)n1. The molecule has 1 N–H and O–H groups in total. The normalized spacial score (nSPS) is 12.5. The summed E-state index contributed by atoms with van der Waals surface area (Å²) in [5.41, 5.74) is 1.89. The van der Waals surface area contributed by atoms with E-state index in [0.717, 1.165) is 11.4 Å². The van der Waals surface area contributed by atoms with Crippen LogP contribution in [-0.4, -0.2) is 27.6 Å². The number of aromatic nitrogens is 2. The summed E-state index contributed by atoms with van der Waals surface area (Å²) in [5, 5.41) is 15.4. The van der Waals surface area contributed by atoms with E-state index in [1.54, 1.807) is 4.68 Å². The summed E-state index contributed by atoms with van der Waals surface area (Å²) >= 11 is 17.9. The van der Waals surface area contributed by atoms with Crippen LogP contribution in [0.1, 0.15) is 11.4 Å². The Bertz CT molecular complexity index is 620. The van der Waals surface area contributed by atoms with Gasteiger partial charge >= 0.3 is 0 Å².